The minimum absolute atomic E-state index is 0.137. The van der Waals surface area contributed by atoms with E-state index < -0.39 is 0 Å². The second kappa shape index (κ2) is 11.1. The Bertz CT molecular complexity index is 961. The van der Waals surface area contributed by atoms with Crippen LogP contribution in [0.15, 0.2) is 77.2 Å². The molecule has 0 N–H and O–H groups in total. The zero-order chi connectivity index (χ0) is 22.2. The van der Waals surface area contributed by atoms with Gasteiger partial charge in [-0.1, -0.05) is 79.9 Å². The first-order valence-corrected chi connectivity index (χ1v) is 11.7. The quantitative estimate of drug-likeness (QED) is 0.372. The van der Waals surface area contributed by atoms with Crippen LogP contribution in [0.25, 0.3) is 0 Å². The van der Waals surface area contributed by atoms with E-state index >= 15 is 0 Å². The van der Waals surface area contributed by atoms with Gasteiger partial charge in [0.1, 0.15) is 18.1 Å². The van der Waals surface area contributed by atoms with E-state index in [0.29, 0.717) is 18.2 Å². The monoisotopic (exact) mass is 431 g/mol. The lowest BCUT2D eigenvalue weighted by molar-refractivity contribution is -0.149. The summed E-state index contributed by atoms with van der Waals surface area (Å²) in [6.07, 6.45) is 5.83. The maximum Gasteiger partial charge on any atom is 0.314 e. The average molecular weight is 432 g/mol. The van der Waals surface area contributed by atoms with Crippen LogP contribution in [0, 0.1) is 5.92 Å². The molecule has 0 bridgehead atoms. The van der Waals surface area contributed by atoms with Gasteiger partial charge in [0.2, 0.25) is 0 Å². The minimum atomic E-state index is -0.192. The Morgan fingerprint density at radius 3 is 2.28 bits per heavy atom. The highest BCUT2D eigenvalue weighted by molar-refractivity contribution is 5.78. The summed E-state index contributed by atoms with van der Waals surface area (Å²) in [4.78, 5) is 15.3. The van der Waals surface area contributed by atoms with Gasteiger partial charge in [0, 0.05) is 6.54 Å². The van der Waals surface area contributed by atoms with Crippen molar-refractivity contribution in [3.05, 3.63) is 95.4 Å². The van der Waals surface area contributed by atoms with Gasteiger partial charge in [-0.15, -0.1) is 0 Å². The first-order valence-electron chi connectivity index (χ1n) is 11.7. The number of hydrogen-bond donors (Lipinski definition) is 0. The van der Waals surface area contributed by atoms with E-state index in [-0.39, 0.29) is 18.5 Å². The van der Waals surface area contributed by atoms with Gasteiger partial charge in [0.15, 0.2) is 0 Å². The molecule has 1 aliphatic rings. The first kappa shape index (κ1) is 22.3. The van der Waals surface area contributed by atoms with Gasteiger partial charge in [-0.2, -0.15) is 0 Å². The molecule has 4 nitrogen and oxygen atoms in total. The molecule has 0 spiro atoms. The van der Waals surface area contributed by atoms with Crippen LogP contribution in [0.2, 0.25) is 0 Å². The molecule has 168 valence electrons. The predicted octanol–water partition coefficient (Wildman–Crippen LogP) is 6.32. The van der Waals surface area contributed by atoms with Crippen molar-refractivity contribution >= 4 is 5.97 Å². The molecular weight excluding hydrogens is 398 g/mol. The summed E-state index contributed by atoms with van der Waals surface area (Å²) in [6.45, 7) is 1.74. The lowest BCUT2D eigenvalue weighted by atomic mass is 9.77. The van der Waals surface area contributed by atoms with Gasteiger partial charge in [-0.3, -0.25) is 9.69 Å². The van der Waals surface area contributed by atoms with E-state index in [4.69, 9.17) is 9.15 Å². The second-order valence-electron chi connectivity index (χ2n) is 8.92. The number of rotatable bonds is 9. The van der Waals surface area contributed by atoms with Crippen molar-refractivity contribution in [1.82, 2.24) is 4.90 Å². The maximum absolute atomic E-state index is 13.1. The second-order valence-corrected chi connectivity index (χ2v) is 8.92. The Balaban J connectivity index is 1.34. The molecule has 1 fully saturated rings. The zero-order valence-electron chi connectivity index (χ0n) is 18.9. The van der Waals surface area contributed by atoms with E-state index in [1.807, 2.05) is 48.5 Å². The first-order chi connectivity index (χ1) is 15.7. The van der Waals surface area contributed by atoms with Crippen molar-refractivity contribution in [3.63, 3.8) is 0 Å². The smallest absolute Gasteiger partial charge is 0.314 e. The highest BCUT2D eigenvalue weighted by Gasteiger charge is 2.32. The van der Waals surface area contributed by atoms with Crippen molar-refractivity contribution in [1.29, 1.82) is 0 Å². The van der Waals surface area contributed by atoms with E-state index in [1.165, 1.54) is 24.8 Å². The van der Waals surface area contributed by atoms with Crippen LogP contribution < -0.4 is 0 Å². The Kier molecular flexibility index (Phi) is 7.78. The Hall–Kier alpha value is -2.85. The minimum Gasteiger partial charge on any atom is -0.461 e. The Morgan fingerprint density at radius 1 is 0.906 bits per heavy atom. The molecule has 1 aliphatic carbocycles. The molecule has 3 aromatic rings. The fraction of sp³-hybridized carbons (Fsp3) is 0.393. The number of hydrogen-bond acceptors (Lipinski definition) is 4. The van der Waals surface area contributed by atoms with Crippen molar-refractivity contribution in [3.8, 4) is 0 Å². The molecule has 0 amide bonds. The molecular formula is C28H33NO3. The maximum atomic E-state index is 13.1. The number of benzene rings is 2. The zero-order valence-corrected chi connectivity index (χ0v) is 18.9. The SMILES string of the molecule is CN(Cc1ccccc1)Cc1ccc(COC(=O)[C@@H](c2ccccc2)C2CCCCC2)o1. The normalized spacial score (nSPS) is 15.6. The highest BCUT2D eigenvalue weighted by atomic mass is 16.5. The average Bonchev–Trinajstić information content (AvgIpc) is 3.27. The Morgan fingerprint density at radius 2 is 1.56 bits per heavy atom. The van der Waals surface area contributed by atoms with E-state index in [1.54, 1.807) is 0 Å². The fourth-order valence-corrected chi connectivity index (χ4v) is 4.76. The van der Waals surface area contributed by atoms with Crippen LogP contribution in [-0.2, 0) is 29.2 Å². The van der Waals surface area contributed by atoms with Gasteiger partial charge < -0.3 is 9.15 Å². The van der Waals surface area contributed by atoms with E-state index in [2.05, 4.69) is 36.2 Å². The molecule has 0 radical (unpaired) electrons. The summed E-state index contributed by atoms with van der Waals surface area (Å²) in [5, 5.41) is 0. The lowest BCUT2D eigenvalue weighted by Gasteiger charge is -2.29. The molecule has 32 heavy (non-hydrogen) atoms. The van der Waals surface area contributed by atoms with Crippen molar-refractivity contribution < 1.29 is 13.9 Å². The van der Waals surface area contributed by atoms with Gasteiger partial charge >= 0.3 is 5.97 Å². The van der Waals surface area contributed by atoms with E-state index in [9.17, 15) is 4.79 Å². The van der Waals surface area contributed by atoms with Crippen molar-refractivity contribution in [2.24, 2.45) is 5.92 Å². The van der Waals surface area contributed by atoms with Gasteiger partial charge in [0.05, 0.1) is 12.5 Å². The number of esters is 1. The summed E-state index contributed by atoms with van der Waals surface area (Å²) in [5.41, 5.74) is 2.33. The predicted molar refractivity (Wildman–Crippen MR) is 126 cm³/mol. The molecule has 4 heteroatoms. The summed E-state index contributed by atoms with van der Waals surface area (Å²) >= 11 is 0. The number of nitrogens with zero attached hydrogens (tertiary/aromatic N) is 1. The van der Waals surface area contributed by atoms with Crippen LogP contribution in [0.3, 0.4) is 0 Å². The fourth-order valence-electron chi connectivity index (χ4n) is 4.76. The molecule has 1 heterocycles. The summed E-state index contributed by atoms with van der Waals surface area (Å²) in [7, 11) is 2.07. The standard InChI is InChI=1S/C28H33NO3/c1-29(19-22-11-5-2-6-12-22)20-25-17-18-26(32-25)21-31-28(30)27(23-13-7-3-8-14-23)24-15-9-4-10-16-24/h2-3,5-8,11-14,17-18,24,27H,4,9-10,15-16,19-21H2,1H3/t27-/m0/s1. The topological polar surface area (TPSA) is 42.7 Å². The highest BCUT2D eigenvalue weighted by Crippen LogP contribution is 2.37. The molecule has 1 aromatic heterocycles. The van der Waals surface area contributed by atoms with Crippen LogP contribution >= 0.6 is 0 Å². The molecule has 0 unspecified atom stereocenters. The summed E-state index contributed by atoms with van der Waals surface area (Å²) in [6, 6.07) is 24.4. The Labute approximate surface area is 191 Å². The molecule has 1 atom stereocenters. The van der Waals surface area contributed by atoms with Crippen LogP contribution in [0.5, 0.6) is 0 Å². The largest absolute Gasteiger partial charge is 0.461 e. The number of carbonyl (C=O) groups excluding carboxylic acids is 1. The molecule has 2 aromatic carbocycles. The van der Waals surface area contributed by atoms with Crippen LogP contribution in [-0.4, -0.2) is 17.9 Å². The molecule has 4 rings (SSSR count). The third-order valence-electron chi connectivity index (χ3n) is 6.33. The van der Waals surface area contributed by atoms with Crippen LogP contribution in [0.4, 0.5) is 0 Å². The third-order valence-corrected chi connectivity index (χ3v) is 6.33. The lowest BCUT2D eigenvalue weighted by Crippen LogP contribution is -2.25. The number of carbonyl (C=O) groups is 1. The third kappa shape index (κ3) is 6.10. The van der Waals surface area contributed by atoms with E-state index in [0.717, 1.165) is 30.7 Å². The van der Waals surface area contributed by atoms with Crippen molar-refractivity contribution in [2.75, 3.05) is 7.05 Å². The molecule has 0 saturated heterocycles. The molecule has 0 aliphatic heterocycles. The number of furan rings is 1. The van der Waals surface area contributed by atoms with Gasteiger partial charge in [-0.05, 0) is 49.1 Å². The summed E-state index contributed by atoms with van der Waals surface area (Å²) in [5.74, 6) is 1.60. The number of ether oxygens (including phenoxy) is 1. The molecule has 1 saturated carbocycles. The van der Waals surface area contributed by atoms with Gasteiger partial charge in [-0.25, -0.2) is 0 Å². The summed E-state index contributed by atoms with van der Waals surface area (Å²) < 4.78 is 11.7. The van der Waals surface area contributed by atoms with Crippen molar-refractivity contribution in [2.45, 2.75) is 57.7 Å². The van der Waals surface area contributed by atoms with Crippen LogP contribution in [0.1, 0.15) is 60.7 Å². The van der Waals surface area contributed by atoms with Gasteiger partial charge in [0.25, 0.3) is 0 Å².